The molecule has 0 bridgehead atoms. The highest BCUT2D eigenvalue weighted by atomic mass is 79.9. The predicted molar refractivity (Wildman–Crippen MR) is 87.2 cm³/mol. The van der Waals surface area contributed by atoms with Gasteiger partial charge in [0.25, 0.3) is 5.69 Å². The molecule has 0 atom stereocenters. The van der Waals surface area contributed by atoms with Gasteiger partial charge in [0.15, 0.2) is 12.4 Å². The number of carbonyl (C=O) groups excluding carboxylic acids is 1. The van der Waals surface area contributed by atoms with E-state index in [1.165, 1.54) is 18.2 Å². The second-order valence-corrected chi connectivity index (χ2v) is 5.45. The summed E-state index contributed by atoms with van der Waals surface area (Å²) in [6, 6.07) is 9.86. The molecule has 1 aromatic carbocycles. The number of anilines is 1. The second-order valence-electron chi connectivity index (χ2n) is 5.04. The maximum absolute atomic E-state index is 11.9. The van der Waals surface area contributed by atoms with E-state index in [-0.39, 0.29) is 33.6 Å². The molecule has 1 aromatic heterocycles. The Morgan fingerprint density at radius 3 is 2.54 bits per heavy atom. The number of aromatic nitrogens is 1. The van der Waals surface area contributed by atoms with Gasteiger partial charge in [-0.2, -0.15) is 0 Å². The normalized spacial score (nSPS) is 9.88. The van der Waals surface area contributed by atoms with Crippen LogP contribution in [0.3, 0.4) is 0 Å². The molecule has 2 rings (SSSR count). The van der Waals surface area contributed by atoms with Crippen LogP contribution in [0.5, 0.6) is 0 Å². The Hall–Kier alpha value is -1.99. The largest absolute Gasteiger partial charge is 1.00 e. The number of carbonyl (C=O) groups is 1. The Morgan fingerprint density at radius 2 is 1.92 bits per heavy atom. The molecule has 128 valence electrons. The minimum Gasteiger partial charge on any atom is -1.00 e. The van der Waals surface area contributed by atoms with Crippen LogP contribution in [0.2, 0.25) is 5.02 Å². The van der Waals surface area contributed by atoms with Crippen molar-refractivity contribution in [3.63, 3.8) is 0 Å². The zero-order chi connectivity index (χ0) is 16.7. The fourth-order valence-corrected chi connectivity index (χ4v) is 2.32. The number of pyridine rings is 1. The van der Waals surface area contributed by atoms with Gasteiger partial charge in [-0.25, -0.2) is 4.57 Å². The van der Waals surface area contributed by atoms with Gasteiger partial charge in [-0.15, -0.1) is 0 Å². The summed E-state index contributed by atoms with van der Waals surface area (Å²) >= 11 is 5.94. The molecule has 0 saturated carbocycles. The third-order valence-corrected chi connectivity index (χ3v) is 3.60. The van der Waals surface area contributed by atoms with Gasteiger partial charge < -0.3 is 22.3 Å². The number of hydrogen-bond acceptors (Lipinski definition) is 3. The zero-order valence-corrected chi connectivity index (χ0v) is 15.2. The van der Waals surface area contributed by atoms with Crippen molar-refractivity contribution in [2.75, 3.05) is 5.32 Å². The molecule has 2 aromatic rings. The topological polar surface area (TPSA) is 76.1 Å². The Bertz CT molecular complexity index is 698. The van der Waals surface area contributed by atoms with Crippen molar-refractivity contribution in [3.05, 3.63) is 63.9 Å². The zero-order valence-electron chi connectivity index (χ0n) is 12.8. The van der Waals surface area contributed by atoms with Crippen molar-refractivity contribution in [1.29, 1.82) is 0 Å². The van der Waals surface area contributed by atoms with E-state index in [0.29, 0.717) is 12.1 Å². The highest BCUT2D eigenvalue weighted by Crippen LogP contribution is 2.26. The summed E-state index contributed by atoms with van der Waals surface area (Å²) in [5, 5.41) is 13.5. The van der Waals surface area contributed by atoms with Crippen molar-refractivity contribution >= 4 is 28.9 Å². The van der Waals surface area contributed by atoms with Crippen molar-refractivity contribution in [3.8, 4) is 0 Å². The van der Waals surface area contributed by atoms with Crippen LogP contribution < -0.4 is 26.9 Å². The van der Waals surface area contributed by atoms with Crippen LogP contribution in [-0.4, -0.2) is 10.8 Å². The third-order valence-electron chi connectivity index (χ3n) is 3.29. The maximum Gasteiger partial charge on any atom is 0.271 e. The lowest BCUT2D eigenvalue weighted by atomic mass is 10.2. The summed E-state index contributed by atoms with van der Waals surface area (Å²) in [5.74, 6) is -0.154. The van der Waals surface area contributed by atoms with Crippen LogP contribution in [0.1, 0.15) is 19.3 Å². The summed E-state index contributed by atoms with van der Waals surface area (Å²) in [6.45, 7) is 0.854. The minimum absolute atomic E-state index is 0. The first-order valence-corrected chi connectivity index (χ1v) is 7.62. The van der Waals surface area contributed by atoms with Gasteiger partial charge in [-0.3, -0.25) is 14.9 Å². The lowest BCUT2D eigenvalue weighted by Gasteiger charge is -2.06. The quantitative estimate of drug-likeness (QED) is 0.307. The molecule has 1 amide bonds. The molecule has 6 nitrogen and oxygen atoms in total. The highest BCUT2D eigenvalue weighted by Gasteiger charge is 2.11. The number of nitrogens with one attached hydrogen (secondary N) is 1. The Labute approximate surface area is 155 Å². The van der Waals surface area contributed by atoms with Gasteiger partial charge in [0, 0.05) is 37.1 Å². The summed E-state index contributed by atoms with van der Waals surface area (Å²) in [5.41, 5.74) is 0.285. The van der Waals surface area contributed by atoms with Crippen molar-refractivity contribution in [2.45, 2.75) is 25.8 Å². The third kappa shape index (κ3) is 6.25. The summed E-state index contributed by atoms with van der Waals surface area (Å²) in [6.07, 6.45) is 5.97. The number of unbranched alkanes of at least 4 members (excludes halogenated alkanes) is 1. The fraction of sp³-hybridized carbons (Fsp3) is 0.250. The average Bonchev–Trinajstić information content (AvgIpc) is 2.54. The van der Waals surface area contributed by atoms with E-state index in [4.69, 9.17) is 11.6 Å². The molecular weight excluding hydrogens is 398 g/mol. The molecule has 0 saturated heterocycles. The number of hydrogen-bond donors (Lipinski definition) is 1. The first kappa shape index (κ1) is 20.1. The van der Waals surface area contributed by atoms with Gasteiger partial charge in [-0.05, 0) is 12.5 Å². The number of nitrogens with zero attached hydrogens (tertiary/aromatic N) is 2. The molecular formula is C16H17BrClN3O3. The lowest BCUT2D eigenvalue weighted by molar-refractivity contribution is -0.697. The number of benzene rings is 1. The average molecular weight is 415 g/mol. The number of nitro benzene ring substituents is 1. The lowest BCUT2D eigenvalue weighted by Crippen LogP contribution is -3.00. The summed E-state index contributed by atoms with van der Waals surface area (Å²) in [7, 11) is 0. The summed E-state index contributed by atoms with van der Waals surface area (Å²) in [4.78, 5) is 22.0. The van der Waals surface area contributed by atoms with Gasteiger partial charge in [-0.1, -0.05) is 17.7 Å². The molecule has 0 aliphatic rings. The first-order chi connectivity index (χ1) is 11.1. The smallest absolute Gasteiger partial charge is 0.271 e. The molecule has 0 fully saturated rings. The van der Waals surface area contributed by atoms with Crippen LogP contribution in [0, 0.1) is 10.1 Å². The molecule has 0 unspecified atom stereocenters. The van der Waals surface area contributed by atoms with E-state index in [2.05, 4.69) is 9.88 Å². The van der Waals surface area contributed by atoms with Crippen molar-refractivity contribution in [2.24, 2.45) is 0 Å². The molecule has 1 N–H and O–H groups in total. The Kier molecular flexibility index (Phi) is 8.35. The molecule has 0 aliphatic heterocycles. The molecule has 0 aliphatic carbocycles. The standard InChI is InChI=1S/C16H16ClN3O3.BrH/c17-14-12-13(20(22)23)7-8-15(14)18-16(21)6-2-5-11-19-9-3-1-4-10-19;/h1,3-4,7-10,12H,2,5-6,11H2;1H. The Balaban J connectivity index is 0.00000288. The SMILES string of the molecule is O=C(CCCC[n+]1ccccc1)Nc1ccc([N+](=O)[O-])cc1Cl.[Br-]. The molecule has 8 heteroatoms. The van der Waals surface area contributed by atoms with Gasteiger partial charge >= 0.3 is 0 Å². The van der Waals surface area contributed by atoms with Gasteiger partial charge in [0.05, 0.1) is 15.6 Å². The Morgan fingerprint density at radius 1 is 1.21 bits per heavy atom. The van der Waals surface area contributed by atoms with E-state index in [1.54, 1.807) is 0 Å². The number of nitro groups is 1. The van der Waals surface area contributed by atoms with Crippen molar-refractivity contribution in [1.82, 2.24) is 0 Å². The monoisotopic (exact) mass is 413 g/mol. The van der Waals surface area contributed by atoms with E-state index < -0.39 is 4.92 Å². The fourth-order valence-electron chi connectivity index (χ4n) is 2.09. The van der Waals surface area contributed by atoms with E-state index in [0.717, 1.165) is 19.4 Å². The number of aryl methyl sites for hydroxylation is 1. The number of rotatable bonds is 7. The van der Waals surface area contributed by atoms with Crippen molar-refractivity contribution < 1.29 is 31.3 Å². The summed E-state index contributed by atoms with van der Waals surface area (Å²) < 4.78 is 2.06. The maximum atomic E-state index is 11.9. The second kappa shape index (κ2) is 10.00. The van der Waals surface area contributed by atoms with E-state index in [1.807, 2.05) is 30.6 Å². The number of amides is 1. The molecule has 0 radical (unpaired) electrons. The predicted octanol–water partition coefficient (Wildman–Crippen LogP) is 0.349. The molecule has 0 spiro atoms. The van der Waals surface area contributed by atoms with Crippen LogP contribution in [0.4, 0.5) is 11.4 Å². The van der Waals surface area contributed by atoms with Crippen LogP contribution in [-0.2, 0) is 11.3 Å². The number of halogens is 2. The highest BCUT2D eigenvalue weighted by molar-refractivity contribution is 6.33. The van der Waals surface area contributed by atoms with Crippen LogP contribution in [0.25, 0.3) is 0 Å². The van der Waals surface area contributed by atoms with Crippen LogP contribution in [0.15, 0.2) is 48.8 Å². The van der Waals surface area contributed by atoms with E-state index >= 15 is 0 Å². The minimum atomic E-state index is -0.529. The molecule has 24 heavy (non-hydrogen) atoms. The molecule has 1 heterocycles. The first-order valence-electron chi connectivity index (χ1n) is 7.24. The van der Waals surface area contributed by atoms with Gasteiger partial charge in [0.2, 0.25) is 5.91 Å². The van der Waals surface area contributed by atoms with Gasteiger partial charge in [0.1, 0.15) is 6.54 Å². The van der Waals surface area contributed by atoms with Crippen LogP contribution >= 0.6 is 11.6 Å². The number of non-ortho nitro benzene ring substituents is 1. The van der Waals surface area contributed by atoms with E-state index in [9.17, 15) is 14.9 Å².